The lowest BCUT2D eigenvalue weighted by Gasteiger charge is -2.30. The van der Waals surface area contributed by atoms with Crippen LogP contribution in [0.15, 0.2) is 11.6 Å². The molecule has 0 aromatic heterocycles. The topological polar surface area (TPSA) is 60.4 Å². The van der Waals surface area contributed by atoms with Gasteiger partial charge >= 0.3 is 12.1 Å². The number of ether oxygens (including phenoxy) is 1. The quantitative estimate of drug-likeness (QED) is 0.453. The van der Waals surface area contributed by atoms with Gasteiger partial charge in [0.1, 0.15) is 17.0 Å². The van der Waals surface area contributed by atoms with Crippen LogP contribution < -0.4 is 0 Å². The molecule has 0 heterocycles. The van der Waals surface area contributed by atoms with Crippen molar-refractivity contribution in [3.8, 4) is 0 Å². The van der Waals surface area contributed by atoms with E-state index in [4.69, 9.17) is 0 Å². The van der Waals surface area contributed by atoms with Gasteiger partial charge in [0, 0.05) is 18.4 Å². The van der Waals surface area contributed by atoms with Gasteiger partial charge in [0.15, 0.2) is 0 Å². The molecular formula is C13H15F3O4. The van der Waals surface area contributed by atoms with Crippen molar-refractivity contribution in [1.82, 2.24) is 0 Å². The highest BCUT2D eigenvalue weighted by molar-refractivity contribution is 6.06. The van der Waals surface area contributed by atoms with Gasteiger partial charge in [0.25, 0.3) is 0 Å². The van der Waals surface area contributed by atoms with Crippen LogP contribution >= 0.6 is 0 Å². The molecule has 1 rings (SSSR count). The van der Waals surface area contributed by atoms with Crippen LogP contribution in [-0.2, 0) is 19.1 Å². The molecule has 1 aliphatic rings. The third kappa shape index (κ3) is 2.91. The first-order valence-electron chi connectivity index (χ1n) is 5.95. The van der Waals surface area contributed by atoms with E-state index in [-0.39, 0.29) is 0 Å². The summed E-state index contributed by atoms with van der Waals surface area (Å²) in [4.78, 5) is 34.3. The van der Waals surface area contributed by atoms with Gasteiger partial charge in [-0.2, -0.15) is 13.2 Å². The number of carbonyl (C=O) groups excluding carboxylic acids is 3. The zero-order valence-electron chi connectivity index (χ0n) is 11.3. The maximum Gasteiger partial charge on any atom is 0.412 e. The molecule has 0 fully saturated rings. The summed E-state index contributed by atoms with van der Waals surface area (Å²) >= 11 is 0. The summed E-state index contributed by atoms with van der Waals surface area (Å²) in [5.41, 5.74) is -2.72. The van der Waals surface area contributed by atoms with Gasteiger partial charge in [-0.25, -0.2) is 0 Å². The van der Waals surface area contributed by atoms with E-state index in [0.717, 1.165) is 26.8 Å². The van der Waals surface area contributed by atoms with E-state index in [1.54, 1.807) is 0 Å². The normalized spacial score (nSPS) is 21.3. The molecule has 1 unspecified atom stereocenters. The van der Waals surface area contributed by atoms with Crippen LogP contribution in [0.1, 0.15) is 27.2 Å². The van der Waals surface area contributed by atoms with E-state index in [2.05, 4.69) is 4.74 Å². The second-order valence-electron chi connectivity index (χ2n) is 4.86. The average molecular weight is 292 g/mol. The molecule has 20 heavy (non-hydrogen) atoms. The van der Waals surface area contributed by atoms with E-state index in [1.165, 1.54) is 0 Å². The number of ketones is 2. The zero-order valence-corrected chi connectivity index (χ0v) is 11.3. The molecule has 0 bridgehead atoms. The minimum atomic E-state index is -4.61. The van der Waals surface area contributed by atoms with Crippen LogP contribution in [0, 0.1) is 11.3 Å². The van der Waals surface area contributed by atoms with E-state index >= 15 is 0 Å². The molecule has 0 spiro atoms. The van der Waals surface area contributed by atoms with Crippen molar-refractivity contribution in [3.05, 3.63) is 11.6 Å². The monoisotopic (exact) mass is 292 g/mol. The molecule has 112 valence electrons. The molecule has 0 saturated heterocycles. The third-order valence-corrected chi connectivity index (χ3v) is 3.59. The highest BCUT2D eigenvalue weighted by Gasteiger charge is 2.55. The van der Waals surface area contributed by atoms with Crippen LogP contribution in [0.5, 0.6) is 0 Å². The van der Waals surface area contributed by atoms with Crippen LogP contribution in [0.3, 0.4) is 0 Å². The first-order chi connectivity index (χ1) is 9.01. The summed E-state index contributed by atoms with van der Waals surface area (Å²) < 4.78 is 43.1. The Bertz CT molecular complexity index is 462. The van der Waals surface area contributed by atoms with Crippen LogP contribution in [0.4, 0.5) is 13.2 Å². The summed E-state index contributed by atoms with van der Waals surface area (Å²) in [5, 5.41) is 0. The molecule has 1 aliphatic carbocycles. The fourth-order valence-corrected chi connectivity index (χ4v) is 2.49. The van der Waals surface area contributed by atoms with E-state index in [0.29, 0.717) is 0 Å². The summed E-state index contributed by atoms with van der Waals surface area (Å²) in [7, 11) is 0. The van der Waals surface area contributed by atoms with Crippen LogP contribution in [0.2, 0.25) is 0 Å². The Labute approximate surface area is 114 Å². The Morgan fingerprint density at radius 1 is 1.25 bits per heavy atom. The second-order valence-corrected chi connectivity index (χ2v) is 4.86. The number of halogens is 3. The molecule has 0 aromatic rings. The zero-order chi connectivity index (χ0) is 15.7. The highest BCUT2D eigenvalue weighted by atomic mass is 19.4. The van der Waals surface area contributed by atoms with E-state index in [1.807, 2.05) is 0 Å². The van der Waals surface area contributed by atoms with Gasteiger partial charge in [-0.3, -0.25) is 14.4 Å². The summed E-state index contributed by atoms with van der Waals surface area (Å²) in [6, 6.07) is 0. The van der Waals surface area contributed by atoms with Gasteiger partial charge in [-0.15, -0.1) is 0 Å². The molecule has 0 N–H and O–H groups in total. The lowest BCUT2D eigenvalue weighted by atomic mass is 9.71. The maximum atomic E-state index is 12.8. The summed E-state index contributed by atoms with van der Waals surface area (Å²) in [6.07, 6.45) is -4.49. The van der Waals surface area contributed by atoms with Gasteiger partial charge in [-0.05, 0) is 20.3 Å². The Hall–Kier alpha value is -1.66. The molecular weight excluding hydrogens is 277 g/mol. The molecule has 0 saturated carbocycles. The number of esters is 1. The largest absolute Gasteiger partial charge is 0.465 e. The molecule has 1 atom stereocenters. The lowest BCUT2D eigenvalue weighted by molar-refractivity contribution is -0.149. The number of hydrogen-bond donors (Lipinski definition) is 0. The molecule has 0 aliphatic heterocycles. The van der Waals surface area contributed by atoms with Gasteiger partial charge < -0.3 is 4.74 Å². The average Bonchev–Trinajstić information content (AvgIpc) is 2.66. The molecule has 4 nitrogen and oxygen atoms in total. The molecule has 7 heteroatoms. The predicted molar refractivity (Wildman–Crippen MR) is 62.7 cm³/mol. The number of rotatable bonds is 4. The molecule has 0 amide bonds. The fraction of sp³-hybridized carbons (Fsp3) is 0.615. The number of allylic oxidation sites excluding steroid dienone is 1. The number of Topliss-reactive ketones (excluding diaryl/α,β-unsaturated/α-hetero) is 2. The van der Waals surface area contributed by atoms with Crippen molar-refractivity contribution in [3.63, 3.8) is 0 Å². The van der Waals surface area contributed by atoms with Crippen molar-refractivity contribution in [2.24, 2.45) is 11.3 Å². The molecule has 0 radical (unpaired) electrons. The Kier molecular flexibility index (Phi) is 4.41. The van der Waals surface area contributed by atoms with Crippen molar-refractivity contribution in [2.75, 3.05) is 6.61 Å². The van der Waals surface area contributed by atoms with Gasteiger partial charge in [0.2, 0.25) is 0 Å². The summed E-state index contributed by atoms with van der Waals surface area (Å²) in [6.45, 7) is 2.84. The van der Waals surface area contributed by atoms with Crippen molar-refractivity contribution in [1.29, 1.82) is 0 Å². The highest BCUT2D eigenvalue weighted by Crippen LogP contribution is 2.49. The van der Waals surface area contributed by atoms with Crippen molar-refractivity contribution in [2.45, 2.75) is 33.4 Å². The molecule has 0 aromatic carbocycles. The van der Waals surface area contributed by atoms with E-state index in [9.17, 15) is 27.6 Å². The van der Waals surface area contributed by atoms with E-state index < -0.39 is 53.6 Å². The second kappa shape index (κ2) is 5.38. The lowest BCUT2D eigenvalue weighted by Crippen LogP contribution is -2.42. The first kappa shape index (κ1) is 16.4. The number of hydrogen-bond acceptors (Lipinski definition) is 4. The minimum absolute atomic E-state index is 0.423. The number of alkyl halides is 3. The standard InChI is InChI=1S/C13H15F3O4/c1-7(17)12(8(2)18)5-10(13(14,15)16)4-11(12)6-20-9(3)19/h4,11H,5-6H2,1-3H3. The number of carbonyl (C=O) groups is 3. The Balaban J connectivity index is 3.20. The smallest absolute Gasteiger partial charge is 0.412 e. The summed E-state index contributed by atoms with van der Waals surface area (Å²) in [5.74, 6) is -3.08. The SMILES string of the molecule is CC(=O)OCC1C=C(C(F)(F)F)CC1(C(C)=O)C(C)=O. The van der Waals surface area contributed by atoms with Crippen LogP contribution in [-0.4, -0.2) is 30.3 Å². The van der Waals surface area contributed by atoms with Crippen molar-refractivity contribution < 1.29 is 32.3 Å². The van der Waals surface area contributed by atoms with Gasteiger partial charge in [0.05, 0.1) is 6.61 Å². The Morgan fingerprint density at radius 2 is 1.75 bits per heavy atom. The minimum Gasteiger partial charge on any atom is -0.465 e. The Morgan fingerprint density at radius 3 is 2.10 bits per heavy atom. The van der Waals surface area contributed by atoms with Gasteiger partial charge in [-0.1, -0.05) is 6.08 Å². The maximum absolute atomic E-state index is 12.8. The predicted octanol–water partition coefficient (Wildman–Crippen LogP) is 2.22. The van der Waals surface area contributed by atoms with Crippen molar-refractivity contribution >= 4 is 17.5 Å². The van der Waals surface area contributed by atoms with Crippen LogP contribution in [0.25, 0.3) is 0 Å². The first-order valence-corrected chi connectivity index (χ1v) is 5.95. The third-order valence-electron chi connectivity index (χ3n) is 3.59. The fourth-order valence-electron chi connectivity index (χ4n) is 2.49.